The SMILES string of the molecule is COc1cc([C@H]2NC(=O)NC(C)=C2C(=O)OC(C)C)ccc1OCc1ccccc1. The van der Waals surface area contributed by atoms with Crippen LogP contribution in [0.15, 0.2) is 59.8 Å². The summed E-state index contributed by atoms with van der Waals surface area (Å²) in [5.41, 5.74) is 2.52. The van der Waals surface area contributed by atoms with E-state index in [1.54, 1.807) is 46.1 Å². The van der Waals surface area contributed by atoms with Gasteiger partial charge in [0, 0.05) is 5.70 Å². The zero-order chi connectivity index (χ0) is 21.7. The lowest BCUT2D eigenvalue weighted by molar-refractivity contribution is -0.143. The molecule has 7 nitrogen and oxygen atoms in total. The molecule has 0 spiro atoms. The molecule has 0 saturated heterocycles. The summed E-state index contributed by atoms with van der Waals surface area (Å²) in [7, 11) is 1.55. The first kappa shape index (κ1) is 21.2. The van der Waals surface area contributed by atoms with Crippen molar-refractivity contribution >= 4 is 12.0 Å². The molecule has 0 aliphatic carbocycles. The van der Waals surface area contributed by atoms with Crippen LogP contribution in [0.2, 0.25) is 0 Å². The maximum Gasteiger partial charge on any atom is 0.338 e. The Hall–Kier alpha value is -3.48. The number of rotatable bonds is 7. The van der Waals surface area contributed by atoms with Gasteiger partial charge in [-0.3, -0.25) is 0 Å². The standard InChI is InChI=1S/C23H26N2O5/c1-14(2)30-22(26)20-15(3)24-23(27)25-21(20)17-10-11-18(19(12-17)28-4)29-13-16-8-6-5-7-9-16/h5-12,14,21H,13H2,1-4H3,(H2,24,25,27)/t21-/m1/s1. The average Bonchev–Trinajstić information content (AvgIpc) is 2.71. The van der Waals surface area contributed by atoms with E-state index in [0.717, 1.165) is 5.56 Å². The van der Waals surface area contributed by atoms with E-state index in [0.29, 0.717) is 34.9 Å². The second-order valence-corrected chi connectivity index (χ2v) is 7.21. The minimum Gasteiger partial charge on any atom is -0.493 e. The van der Waals surface area contributed by atoms with Crippen molar-refractivity contribution in [3.63, 3.8) is 0 Å². The smallest absolute Gasteiger partial charge is 0.338 e. The van der Waals surface area contributed by atoms with Crippen molar-refractivity contribution in [3.05, 3.63) is 70.9 Å². The molecule has 2 amide bonds. The van der Waals surface area contributed by atoms with E-state index in [4.69, 9.17) is 14.2 Å². The number of esters is 1. The minimum absolute atomic E-state index is 0.278. The van der Waals surface area contributed by atoms with Crippen LogP contribution in [-0.2, 0) is 16.1 Å². The summed E-state index contributed by atoms with van der Waals surface area (Å²) in [5.74, 6) is 0.589. The summed E-state index contributed by atoms with van der Waals surface area (Å²) in [5, 5.41) is 5.43. The third kappa shape index (κ3) is 4.92. The minimum atomic E-state index is -0.665. The molecule has 0 bridgehead atoms. The van der Waals surface area contributed by atoms with Crippen molar-refractivity contribution in [2.24, 2.45) is 0 Å². The quantitative estimate of drug-likeness (QED) is 0.677. The predicted molar refractivity (Wildman–Crippen MR) is 112 cm³/mol. The van der Waals surface area contributed by atoms with E-state index in [1.165, 1.54) is 0 Å². The number of amides is 2. The van der Waals surface area contributed by atoms with Gasteiger partial charge in [-0.05, 0) is 44.0 Å². The van der Waals surface area contributed by atoms with Gasteiger partial charge < -0.3 is 24.8 Å². The number of benzene rings is 2. The highest BCUT2D eigenvalue weighted by molar-refractivity contribution is 5.95. The number of hydrogen-bond donors (Lipinski definition) is 2. The fourth-order valence-corrected chi connectivity index (χ4v) is 3.21. The molecule has 2 aromatic rings. The van der Waals surface area contributed by atoms with Crippen LogP contribution in [0.4, 0.5) is 4.79 Å². The summed E-state index contributed by atoms with van der Waals surface area (Å²) in [6.07, 6.45) is -0.278. The molecule has 0 saturated carbocycles. The zero-order valence-corrected chi connectivity index (χ0v) is 17.5. The molecule has 1 heterocycles. The molecule has 30 heavy (non-hydrogen) atoms. The third-order valence-corrected chi connectivity index (χ3v) is 4.59. The monoisotopic (exact) mass is 410 g/mol. The van der Waals surface area contributed by atoms with Crippen molar-refractivity contribution in [1.29, 1.82) is 0 Å². The first-order valence-electron chi connectivity index (χ1n) is 9.73. The van der Waals surface area contributed by atoms with Crippen molar-refractivity contribution in [3.8, 4) is 11.5 Å². The van der Waals surface area contributed by atoms with Gasteiger partial charge in [-0.1, -0.05) is 36.4 Å². The Balaban J connectivity index is 1.88. The first-order valence-corrected chi connectivity index (χ1v) is 9.73. The van der Waals surface area contributed by atoms with E-state index in [1.807, 2.05) is 30.3 Å². The van der Waals surface area contributed by atoms with Crippen LogP contribution in [0.25, 0.3) is 0 Å². The van der Waals surface area contributed by atoms with Crippen LogP contribution in [0.1, 0.15) is 37.9 Å². The number of carbonyl (C=O) groups is 2. The Morgan fingerprint density at radius 1 is 1.10 bits per heavy atom. The molecule has 0 fully saturated rings. The normalized spacial score (nSPS) is 16.0. The van der Waals surface area contributed by atoms with E-state index in [9.17, 15) is 9.59 Å². The molecule has 2 N–H and O–H groups in total. The van der Waals surface area contributed by atoms with Crippen LogP contribution in [0.3, 0.4) is 0 Å². The molecule has 0 unspecified atom stereocenters. The van der Waals surface area contributed by atoms with Crippen molar-refractivity contribution in [2.45, 2.75) is 39.5 Å². The summed E-state index contributed by atoms with van der Waals surface area (Å²) in [4.78, 5) is 24.7. The molecule has 1 atom stereocenters. The van der Waals surface area contributed by atoms with Gasteiger partial charge in [-0.2, -0.15) is 0 Å². The highest BCUT2D eigenvalue weighted by atomic mass is 16.5. The first-order chi connectivity index (χ1) is 14.4. The number of carbonyl (C=O) groups excluding carboxylic acids is 2. The van der Waals surface area contributed by atoms with Crippen LogP contribution >= 0.6 is 0 Å². The fourth-order valence-electron chi connectivity index (χ4n) is 3.21. The highest BCUT2D eigenvalue weighted by Gasteiger charge is 2.33. The maximum absolute atomic E-state index is 12.7. The van der Waals surface area contributed by atoms with Crippen molar-refractivity contribution in [1.82, 2.24) is 10.6 Å². The van der Waals surface area contributed by atoms with Gasteiger partial charge in [-0.15, -0.1) is 0 Å². The zero-order valence-electron chi connectivity index (χ0n) is 17.5. The molecule has 1 aliphatic rings. The summed E-state index contributed by atoms with van der Waals surface area (Å²) in [6, 6.07) is 14.1. The van der Waals surface area contributed by atoms with Gasteiger partial charge in [0.25, 0.3) is 0 Å². The van der Waals surface area contributed by atoms with Crippen molar-refractivity contribution in [2.75, 3.05) is 7.11 Å². The van der Waals surface area contributed by atoms with Crippen molar-refractivity contribution < 1.29 is 23.8 Å². The Bertz CT molecular complexity index is 953. The molecule has 7 heteroatoms. The molecular weight excluding hydrogens is 384 g/mol. The lowest BCUT2D eigenvalue weighted by Crippen LogP contribution is -2.45. The average molecular weight is 410 g/mol. The molecule has 1 aliphatic heterocycles. The van der Waals surface area contributed by atoms with Crippen LogP contribution < -0.4 is 20.1 Å². The number of urea groups is 1. The fraction of sp³-hybridized carbons (Fsp3) is 0.304. The van der Waals surface area contributed by atoms with Crippen LogP contribution in [0, 0.1) is 0 Å². The lowest BCUT2D eigenvalue weighted by atomic mass is 9.95. The van der Waals surface area contributed by atoms with E-state index in [2.05, 4.69) is 10.6 Å². The maximum atomic E-state index is 12.7. The number of hydrogen-bond acceptors (Lipinski definition) is 5. The molecule has 0 aromatic heterocycles. The van der Waals surface area contributed by atoms with Gasteiger partial charge >= 0.3 is 12.0 Å². The Morgan fingerprint density at radius 3 is 2.50 bits per heavy atom. The Morgan fingerprint density at radius 2 is 1.83 bits per heavy atom. The Kier molecular flexibility index (Phi) is 6.61. The van der Waals surface area contributed by atoms with E-state index >= 15 is 0 Å². The molecule has 3 rings (SSSR count). The molecular formula is C23H26N2O5. The second kappa shape index (κ2) is 9.35. The number of methoxy groups -OCH3 is 1. The van der Waals surface area contributed by atoms with Crippen LogP contribution in [-0.4, -0.2) is 25.2 Å². The largest absolute Gasteiger partial charge is 0.493 e. The summed E-state index contributed by atoms with van der Waals surface area (Å²) in [6.45, 7) is 5.63. The van der Waals surface area contributed by atoms with Gasteiger partial charge in [0.05, 0.1) is 24.8 Å². The van der Waals surface area contributed by atoms with Gasteiger partial charge in [0.2, 0.25) is 0 Å². The number of nitrogens with one attached hydrogen (secondary N) is 2. The second-order valence-electron chi connectivity index (χ2n) is 7.21. The molecule has 2 aromatic carbocycles. The molecule has 158 valence electrons. The van der Waals surface area contributed by atoms with Crippen LogP contribution in [0.5, 0.6) is 11.5 Å². The number of allylic oxidation sites excluding steroid dienone is 1. The summed E-state index contributed by atoms with van der Waals surface area (Å²) >= 11 is 0. The lowest BCUT2D eigenvalue weighted by Gasteiger charge is -2.29. The summed E-state index contributed by atoms with van der Waals surface area (Å²) < 4.78 is 16.8. The van der Waals surface area contributed by atoms with Gasteiger partial charge in [-0.25, -0.2) is 9.59 Å². The van der Waals surface area contributed by atoms with Gasteiger partial charge in [0.15, 0.2) is 11.5 Å². The Labute approximate surface area is 176 Å². The topological polar surface area (TPSA) is 85.9 Å². The third-order valence-electron chi connectivity index (χ3n) is 4.59. The molecule has 0 radical (unpaired) electrons. The van der Waals surface area contributed by atoms with Gasteiger partial charge in [0.1, 0.15) is 6.61 Å². The predicted octanol–water partition coefficient (Wildman–Crippen LogP) is 3.85. The van der Waals surface area contributed by atoms with E-state index < -0.39 is 12.0 Å². The van der Waals surface area contributed by atoms with E-state index in [-0.39, 0.29) is 12.1 Å². The number of ether oxygens (including phenoxy) is 3. The highest BCUT2D eigenvalue weighted by Crippen LogP contribution is 2.35.